The number of nitrogens with one attached hydrogen (secondary N) is 2. The molecule has 0 spiro atoms. The van der Waals surface area contributed by atoms with Crippen molar-refractivity contribution in [2.75, 3.05) is 26.2 Å². The Hall–Kier alpha value is -1.23. The normalized spacial score (nSPS) is 21.8. The van der Waals surface area contributed by atoms with Gasteiger partial charge in [-0.1, -0.05) is 30.3 Å². The van der Waals surface area contributed by atoms with E-state index in [0.717, 1.165) is 43.9 Å². The van der Waals surface area contributed by atoms with Crippen molar-refractivity contribution in [3.63, 3.8) is 0 Å². The Morgan fingerprint density at radius 1 is 0.792 bits per heavy atom. The highest BCUT2D eigenvalue weighted by Crippen LogP contribution is 2.35. The molecule has 2 saturated heterocycles. The Morgan fingerprint density at radius 3 is 2.12 bits per heavy atom. The Kier molecular flexibility index (Phi) is 4.97. The lowest BCUT2D eigenvalue weighted by Crippen LogP contribution is -2.33. The third kappa shape index (κ3) is 3.15. The second-order valence-corrected chi connectivity index (χ2v) is 8.67. The lowest BCUT2D eigenvalue weighted by molar-refractivity contribution is 0.462. The summed E-state index contributed by atoms with van der Waals surface area (Å²) in [6.07, 6.45) is 4.41. The number of piperidine rings is 2. The van der Waals surface area contributed by atoms with Crippen LogP contribution in [0.4, 0.5) is 0 Å². The predicted octanol–water partition coefficient (Wildman–Crippen LogP) is 3.17. The summed E-state index contributed by atoms with van der Waals surface area (Å²) in [5.74, 6) is 0.623. The number of benzene rings is 2. The second-order valence-electron chi connectivity index (χ2n) is 6.97. The topological polar surface area (TPSA) is 41.1 Å². The predicted molar refractivity (Wildman–Crippen MR) is 101 cm³/mol. The molecule has 0 aromatic heterocycles. The van der Waals surface area contributed by atoms with Crippen molar-refractivity contribution < 1.29 is 4.21 Å². The van der Waals surface area contributed by atoms with Crippen molar-refractivity contribution in [3.05, 3.63) is 42.0 Å². The molecule has 4 heteroatoms. The van der Waals surface area contributed by atoms with Gasteiger partial charge in [0.1, 0.15) is 0 Å². The molecule has 2 aromatic rings. The van der Waals surface area contributed by atoms with Crippen molar-refractivity contribution in [3.8, 4) is 0 Å². The highest BCUT2D eigenvalue weighted by atomic mass is 32.2. The Bertz CT molecular complexity index is 733. The highest BCUT2D eigenvalue weighted by molar-refractivity contribution is 7.86. The van der Waals surface area contributed by atoms with Gasteiger partial charge in [-0.2, -0.15) is 0 Å². The molecule has 2 aliphatic heterocycles. The van der Waals surface area contributed by atoms with Crippen molar-refractivity contribution in [1.82, 2.24) is 10.6 Å². The summed E-state index contributed by atoms with van der Waals surface area (Å²) < 4.78 is 13.2. The SMILES string of the molecule is O=S(c1ccc(C2CCNCC2)c2ccccc12)C1CCNCC1. The molecule has 128 valence electrons. The van der Waals surface area contributed by atoms with E-state index < -0.39 is 10.8 Å². The van der Waals surface area contributed by atoms with Gasteiger partial charge in [0.2, 0.25) is 0 Å². The zero-order chi connectivity index (χ0) is 16.4. The van der Waals surface area contributed by atoms with Crippen molar-refractivity contribution in [1.29, 1.82) is 0 Å². The largest absolute Gasteiger partial charge is 0.317 e. The molecule has 3 nitrogen and oxygen atoms in total. The first-order valence-electron chi connectivity index (χ1n) is 9.18. The van der Waals surface area contributed by atoms with Crippen molar-refractivity contribution in [2.45, 2.75) is 41.7 Å². The van der Waals surface area contributed by atoms with E-state index in [1.807, 2.05) is 0 Å². The van der Waals surface area contributed by atoms with Crippen molar-refractivity contribution >= 4 is 21.6 Å². The van der Waals surface area contributed by atoms with E-state index in [1.54, 1.807) is 0 Å². The van der Waals surface area contributed by atoms with Crippen molar-refractivity contribution in [2.24, 2.45) is 0 Å². The number of rotatable bonds is 3. The minimum absolute atomic E-state index is 0.291. The Labute approximate surface area is 146 Å². The van der Waals surface area contributed by atoms with E-state index in [-0.39, 0.29) is 0 Å². The van der Waals surface area contributed by atoms with E-state index in [4.69, 9.17) is 0 Å². The quantitative estimate of drug-likeness (QED) is 0.900. The van der Waals surface area contributed by atoms with Gasteiger partial charge in [-0.15, -0.1) is 0 Å². The Balaban J connectivity index is 1.73. The van der Waals surface area contributed by atoms with E-state index in [9.17, 15) is 4.21 Å². The van der Waals surface area contributed by atoms with Crippen LogP contribution in [0.5, 0.6) is 0 Å². The second kappa shape index (κ2) is 7.34. The molecule has 2 aliphatic rings. The maximum atomic E-state index is 13.2. The molecule has 1 unspecified atom stereocenters. The first-order valence-corrected chi connectivity index (χ1v) is 10.4. The number of fused-ring (bicyclic) bond motifs is 1. The zero-order valence-corrected chi connectivity index (χ0v) is 14.9. The minimum atomic E-state index is -0.910. The number of hydrogen-bond donors (Lipinski definition) is 2. The zero-order valence-electron chi connectivity index (χ0n) is 14.1. The molecular weight excluding hydrogens is 316 g/mol. The van der Waals surface area contributed by atoms with Gasteiger partial charge in [0.25, 0.3) is 0 Å². The molecule has 0 saturated carbocycles. The third-order valence-electron chi connectivity index (χ3n) is 5.50. The van der Waals surface area contributed by atoms with Crippen LogP contribution in [0, 0.1) is 0 Å². The van der Waals surface area contributed by atoms with Gasteiger partial charge < -0.3 is 10.6 Å². The first kappa shape index (κ1) is 16.2. The molecule has 0 aliphatic carbocycles. The summed E-state index contributed by atoms with van der Waals surface area (Å²) in [6.45, 7) is 4.17. The first-order chi connectivity index (χ1) is 11.8. The molecule has 24 heavy (non-hydrogen) atoms. The van der Waals surface area contributed by atoms with Crippen LogP contribution in [0.3, 0.4) is 0 Å². The maximum Gasteiger partial charge on any atom is 0.0568 e. The summed E-state index contributed by atoms with van der Waals surface area (Å²) in [7, 11) is -0.910. The molecule has 2 N–H and O–H groups in total. The molecule has 2 fully saturated rings. The lowest BCUT2D eigenvalue weighted by atomic mass is 9.87. The van der Waals surface area contributed by atoms with E-state index in [0.29, 0.717) is 11.2 Å². The van der Waals surface area contributed by atoms with Crippen LogP contribution in [-0.4, -0.2) is 35.6 Å². The lowest BCUT2D eigenvalue weighted by Gasteiger charge is -2.26. The summed E-state index contributed by atoms with van der Waals surface area (Å²) in [5.41, 5.74) is 1.44. The minimum Gasteiger partial charge on any atom is -0.317 e. The summed E-state index contributed by atoms with van der Waals surface area (Å²) in [6, 6.07) is 13.0. The smallest absolute Gasteiger partial charge is 0.0568 e. The summed E-state index contributed by atoms with van der Waals surface area (Å²) >= 11 is 0. The highest BCUT2D eigenvalue weighted by Gasteiger charge is 2.24. The Morgan fingerprint density at radius 2 is 1.42 bits per heavy atom. The summed E-state index contributed by atoms with van der Waals surface area (Å²) in [4.78, 5) is 1.04. The third-order valence-corrected chi connectivity index (χ3v) is 7.37. The van der Waals surface area contributed by atoms with Crippen LogP contribution in [0.15, 0.2) is 41.3 Å². The van der Waals surface area contributed by atoms with Gasteiger partial charge in [0, 0.05) is 10.1 Å². The number of hydrogen-bond acceptors (Lipinski definition) is 3. The molecule has 2 aromatic carbocycles. The maximum absolute atomic E-state index is 13.2. The van der Waals surface area contributed by atoms with Gasteiger partial charge >= 0.3 is 0 Å². The van der Waals surface area contributed by atoms with Crippen LogP contribution in [0.2, 0.25) is 0 Å². The van der Waals surface area contributed by atoms with Gasteiger partial charge in [0.05, 0.1) is 10.8 Å². The average molecular weight is 343 g/mol. The van der Waals surface area contributed by atoms with E-state index in [2.05, 4.69) is 47.0 Å². The van der Waals surface area contributed by atoms with Crippen LogP contribution >= 0.6 is 0 Å². The molecule has 0 bridgehead atoms. The van der Waals surface area contributed by atoms with Gasteiger partial charge in [-0.3, -0.25) is 4.21 Å². The molecular formula is C20H26N2OS. The fourth-order valence-electron chi connectivity index (χ4n) is 4.15. The van der Waals surface area contributed by atoms with Gasteiger partial charge in [-0.05, 0) is 80.2 Å². The van der Waals surface area contributed by atoms with E-state index in [1.165, 1.54) is 29.2 Å². The van der Waals surface area contributed by atoms with Crippen LogP contribution in [-0.2, 0) is 10.8 Å². The molecule has 2 heterocycles. The van der Waals surface area contributed by atoms with Crippen LogP contribution in [0.25, 0.3) is 10.8 Å². The molecule has 1 atom stereocenters. The standard InChI is InChI=1S/C20H26N2OS/c23-24(16-9-13-22-14-10-16)20-6-5-17(15-7-11-21-12-8-15)18-3-1-2-4-19(18)20/h1-6,15-16,21-22H,7-14H2. The summed E-state index contributed by atoms with van der Waals surface area (Å²) in [5, 5.41) is 9.62. The molecule has 0 amide bonds. The fourth-order valence-corrected chi connectivity index (χ4v) is 5.77. The average Bonchev–Trinajstić information content (AvgIpc) is 2.68. The monoisotopic (exact) mass is 342 g/mol. The fraction of sp³-hybridized carbons (Fsp3) is 0.500. The van der Waals surface area contributed by atoms with Gasteiger partial charge in [-0.25, -0.2) is 0 Å². The van der Waals surface area contributed by atoms with Gasteiger partial charge in [0.15, 0.2) is 0 Å². The van der Waals surface area contributed by atoms with E-state index >= 15 is 0 Å². The van der Waals surface area contributed by atoms with Crippen LogP contribution < -0.4 is 10.6 Å². The molecule has 4 rings (SSSR count). The van der Waals surface area contributed by atoms with Crippen LogP contribution in [0.1, 0.15) is 37.2 Å². The molecule has 0 radical (unpaired) electrons.